The Bertz CT molecular complexity index is 1370. The van der Waals surface area contributed by atoms with Gasteiger partial charge in [-0.3, -0.25) is 9.69 Å². The van der Waals surface area contributed by atoms with E-state index in [1.165, 1.54) is 11.1 Å². The van der Waals surface area contributed by atoms with Gasteiger partial charge in [0, 0.05) is 42.6 Å². The summed E-state index contributed by atoms with van der Waals surface area (Å²) in [6.07, 6.45) is 8.12. The van der Waals surface area contributed by atoms with Crippen molar-refractivity contribution in [2.45, 2.75) is 26.8 Å². The lowest BCUT2D eigenvalue weighted by atomic mass is 10.1. The number of nitrogens with zero attached hydrogens (tertiary/aromatic N) is 4. The van der Waals surface area contributed by atoms with Gasteiger partial charge in [0.1, 0.15) is 0 Å². The topological polar surface area (TPSA) is 66.8 Å². The van der Waals surface area contributed by atoms with Gasteiger partial charge in [-0.25, -0.2) is 9.97 Å². The standard InChI is InChI=1S/C24H23N5OS/c1-16-12-17(2)22-21(13-16)27-24(31-22)29(10-5-9-28-11-8-25-15-28)23(30)19-14-26-20-7-4-3-6-18(19)20/h3-4,6-8,11-15,26H,5,9-10H2,1-2H3. The normalized spacial score (nSPS) is 11.4. The number of thiazole rings is 1. The number of hydrogen-bond donors (Lipinski definition) is 1. The molecule has 31 heavy (non-hydrogen) atoms. The van der Waals surface area contributed by atoms with Crippen LogP contribution in [0, 0.1) is 13.8 Å². The van der Waals surface area contributed by atoms with E-state index in [1.54, 1.807) is 30.1 Å². The van der Waals surface area contributed by atoms with Gasteiger partial charge in [-0.2, -0.15) is 0 Å². The number of hydrogen-bond acceptors (Lipinski definition) is 4. The quantitative estimate of drug-likeness (QED) is 0.397. The van der Waals surface area contributed by atoms with Gasteiger partial charge in [0.15, 0.2) is 5.13 Å². The largest absolute Gasteiger partial charge is 0.360 e. The monoisotopic (exact) mass is 429 g/mol. The number of anilines is 1. The summed E-state index contributed by atoms with van der Waals surface area (Å²) in [7, 11) is 0. The Balaban J connectivity index is 1.52. The van der Waals surface area contributed by atoms with E-state index in [1.807, 2.05) is 39.9 Å². The highest BCUT2D eigenvalue weighted by molar-refractivity contribution is 7.22. The molecule has 1 amide bonds. The number of carbonyl (C=O) groups excluding carboxylic acids is 1. The first-order chi connectivity index (χ1) is 15.1. The molecule has 6 nitrogen and oxygen atoms in total. The number of nitrogens with one attached hydrogen (secondary N) is 1. The Morgan fingerprint density at radius 2 is 2.10 bits per heavy atom. The van der Waals surface area contributed by atoms with E-state index in [4.69, 9.17) is 4.98 Å². The summed E-state index contributed by atoms with van der Waals surface area (Å²) in [5, 5.41) is 1.67. The van der Waals surface area contributed by atoms with Crippen molar-refractivity contribution in [2.75, 3.05) is 11.4 Å². The Morgan fingerprint density at radius 1 is 1.23 bits per heavy atom. The third-order valence-electron chi connectivity index (χ3n) is 5.46. The van der Waals surface area contributed by atoms with Gasteiger partial charge in [-0.1, -0.05) is 35.6 Å². The van der Waals surface area contributed by atoms with Gasteiger partial charge in [-0.05, 0) is 43.5 Å². The Labute approximate surface area is 184 Å². The summed E-state index contributed by atoms with van der Waals surface area (Å²) in [6, 6.07) is 12.1. The first-order valence-corrected chi connectivity index (χ1v) is 11.1. The number of carbonyl (C=O) groups is 1. The van der Waals surface area contributed by atoms with Gasteiger partial charge in [0.25, 0.3) is 5.91 Å². The fraction of sp³-hybridized carbons (Fsp3) is 0.208. The first-order valence-electron chi connectivity index (χ1n) is 10.3. The Kier molecular flexibility index (Phi) is 5.03. The molecule has 0 spiro atoms. The second-order valence-corrected chi connectivity index (χ2v) is 8.76. The van der Waals surface area contributed by atoms with Crippen molar-refractivity contribution in [3.63, 3.8) is 0 Å². The minimum atomic E-state index is -0.0310. The number of amides is 1. The highest BCUT2D eigenvalue weighted by Crippen LogP contribution is 2.33. The van der Waals surface area contributed by atoms with Gasteiger partial charge < -0.3 is 9.55 Å². The molecular weight excluding hydrogens is 406 g/mol. The summed E-state index contributed by atoms with van der Waals surface area (Å²) >= 11 is 1.58. The fourth-order valence-electron chi connectivity index (χ4n) is 3.99. The van der Waals surface area contributed by atoms with Crippen molar-refractivity contribution in [2.24, 2.45) is 0 Å². The van der Waals surface area contributed by atoms with Crippen LogP contribution in [0.5, 0.6) is 0 Å². The third kappa shape index (κ3) is 3.72. The number of imidazole rings is 1. The number of rotatable bonds is 6. The Hall–Kier alpha value is -3.45. The van der Waals surface area contributed by atoms with E-state index in [-0.39, 0.29) is 5.91 Å². The number of fused-ring (bicyclic) bond motifs is 2. The number of aromatic nitrogens is 4. The maximum absolute atomic E-state index is 13.7. The third-order valence-corrected chi connectivity index (χ3v) is 6.69. The average molecular weight is 430 g/mol. The van der Waals surface area contributed by atoms with Crippen LogP contribution in [0.1, 0.15) is 27.9 Å². The molecule has 3 aromatic heterocycles. The molecule has 1 N–H and O–H groups in total. The predicted octanol–water partition coefficient (Wildman–Crippen LogP) is 5.33. The van der Waals surface area contributed by atoms with Crippen molar-refractivity contribution < 1.29 is 4.79 Å². The summed E-state index contributed by atoms with van der Waals surface area (Å²) in [5.41, 5.74) is 4.95. The molecule has 0 aliphatic heterocycles. The molecule has 0 fully saturated rings. The molecule has 2 aromatic carbocycles. The summed E-state index contributed by atoms with van der Waals surface area (Å²) in [4.78, 5) is 27.7. The predicted molar refractivity (Wildman–Crippen MR) is 126 cm³/mol. The lowest BCUT2D eigenvalue weighted by Crippen LogP contribution is -2.32. The second-order valence-electron chi connectivity index (χ2n) is 7.79. The summed E-state index contributed by atoms with van der Waals surface area (Å²) in [6.45, 7) is 5.54. The smallest absolute Gasteiger partial charge is 0.262 e. The Morgan fingerprint density at radius 3 is 2.94 bits per heavy atom. The van der Waals surface area contributed by atoms with E-state index in [0.29, 0.717) is 12.1 Å². The SMILES string of the molecule is Cc1cc(C)c2sc(N(CCCn3ccnc3)C(=O)c3c[nH]c4ccccc34)nc2c1. The minimum Gasteiger partial charge on any atom is -0.360 e. The van der Waals surface area contributed by atoms with Crippen LogP contribution >= 0.6 is 11.3 Å². The highest BCUT2D eigenvalue weighted by Gasteiger charge is 2.24. The number of benzene rings is 2. The zero-order valence-electron chi connectivity index (χ0n) is 17.5. The van der Waals surface area contributed by atoms with E-state index in [2.05, 4.69) is 35.9 Å². The minimum absolute atomic E-state index is 0.0310. The van der Waals surface area contributed by atoms with Crippen molar-refractivity contribution in [1.29, 1.82) is 0 Å². The van der Waals surface area contributed by atoms with Crippen LogP contribution < -0.4 is 4.90 Å². The molecule has 3 heterocycles. The molecule has 0 aliphatic rings. The molecule has 7 heteroatoms. The van der Waals surface area contributed by atoms with Crippen LogP contribution in [0.25, 0.3) is 21.1 Å². The van der Waals surface area contributed by atoms with Crippen LogP contribution in [0.2, 0.25) is 0 Å². The zero-order chi connectivity index (χ0) is 21.4. The first kappa shape index (κ1) is 19.5. The van der Waals surface area contributed by atoms with Crippen LogP contribution in [-0.2, 0) is 6.54 Å². The molecule has 0 atom stereocenters. The van der Waals surface area contributed by atoms with Crippen molar-refractivity contribution in [3.05, 3.63) is 78.0 Å². The lowest BCUT2D eigenvalue weighted by molar-refractivity contribution is 0.0988. The van der Waals surface area contributed by atoms with Crippen LogP contribution in [0.15, 0.2) is 61.3 Å². The molecule has 0 radical (unpaired) electrons. The van der Waals surface area contributed by atoms with Crippen LogP contribution in [-0.4, -0.2) is 32.0 Å². The van der Waals surface area contributed by atoms with Gasteiger partial charge >= 0.3 is 0 Å². The van der Waals surface area contributed by atoms with E-state index in [0.717, 1.165) is 39.2 Å². The van der Waals surface area contributed by atoms with Gasteiger partial charge in [0.05, 0.1) is 22.1 Å². The maximum atomic E-state index is 13.7. The van der Waals surface area contributed by atoms with Gasteiger partial charge in [-0.15, -0.1) is 0 Å². The second kappa shape index (κ2) is 8.00. The molecule has 0 bridgehead atoms. The molecule has 0 saturated carbocycles. The van der Waals surface area contributed by atoms with E-state index in [9.17, 15) is 4.79 Å². The molecular formula is C24H23N5OS. The average Bonchev–Trinajstić information content (AvgIpc) is 3.50. The number of para-hydroxylation sites is 1. The van der Waals surface area contributed by atoms with Crippen molar-refractivity contribution >= 4 is 43.5 Å². The van der Waals surface area contributed by atoms with Gasteiger partial charge in [0.2, 0.25) is 0 Å². The highest BCUT2D eigenvalue weighted by atomic mass is 32.1. The van der Waals surface area contributed by atoms with Crippen LogP contribution in [0.4, 0.5) is 5.13 Å². The molecule has 0 aliphatic carbocycles. The summed E-state index contributed by atoms with van der Waals surface area (Å²) < 4.78 is 3.16. The number of H-pyrrole nitrogens is 1. The molecule has 0 unspecified atom stereocenters. The number of aryl methyl sites for hydroxylation is 3. The molecule has 156 valence electrons. The molecule has 5 aromatic rings. The van der Waals surface area contributed by atoms with E-state index < -0.39 is 0 Å². The maximum Gasteiger partial charge on any atom is 0.262 e. The van der Waals surface area contributed by atoms with E-state index >= 15 is 0 Å². The van der Waals surface area contributed by atoms with Crippen LogP contribution in [0.3, 0.4) is 0 Å². The molecule has 5 rings (SSSR count). The van der Waals surface area contributed by atoms with Crippen molar-refractivity contribution in [3.8, 4) is 0 Å². The summed E-state index contributed by atoms with van der Waals surface area (Å²) in [5.74, 6) is -0.0310. The fourth-order valence-corrected chi connectivity index (χ4v) is 5.03. The number of aromatic amines is 1. The zero-order valence-corrected chi connectivity index (χ0v) is 18.3. The van der Waals surface area contributed by atoms with Crippen molar-refractivity contribution in [1.82, 2.24) is 19.5 Å². The molecule has 0 saturated heterocycles. The lowest BCUT2D eigenvalue weighted by Gasteiger charge is -2.19.